The van der Waals surface area contributed by atoms with Crippen LogP contribution in [0, 0.1) is 0 Å². The molecule has 152 valence electrons. The van der Waals surface area contributed by atoms with E-state index in [-0.39, 0.29) is 5.91 Å². The van der Waals surface area contributed by atoms with E-state index in [1.165, 1.54) is 0 Å². The fourth-order valence-electron chi connectivity index (χ4n) is 3.52. The summed E-state index contributed by atoms with van der Waals surface area (Å²) < 4.78 is 5.87. The van der Waals surface area contributed by atoms with Crippen molar-refractivity contribution >= 4 is 17.7 Å². The van der Waals surface area contributed by atoms with E-state index in [1.807, 2.05) is 71.6 Å². The van der Waals surface area contributed by atoms with Gasteiger partial charge >= 0.3 is 0 Å². The molecule has 4 rings (SSSR count). The van der Waals surface area contributed by atoms with E-state index in [0.717, 1.165) is 48.7 Å². The standard InChI is InChI=1S/C26H26N2O2/c29-26(16-11-22-7-3-1-4-8-22)28-19-17-27(18-20-28)24-12-14-25(15-13-24)30-21-23-9-5-2-6-10-23/h1-16H,17-21H2. The van der Waals surface area contributed by atoms with Gasteiger partial charge in [-0.05, 0) is 41.5 Å². The number of anilines is 1. The zero-order valence-electron chi connectivity index (χ0n) is 17.0. The molecule has 0 atom stereocenters. The molecule has 1 saturated heterocycles. The van der Waals surface area contributed by atoms with Crippen molar-refractivity contribution in [1.82, 2.24) is 4.90 Å². The summed E-state index contributed by atoms with van der Waals surface area (Å²) in [6.45, 7) is 3.68. The lowest BCUT2D eigenvalue weighted by Gasteiger charge is -2.35. The van der Waals surface area contributed by atoms with Crippen molar-refractivity contribution in [2.75, 3.05) is 31.1 Å². The van der Waals surface area contributed by atoms with E-state index >= 15 is 0 Å². The fourth-order valence-corrected chi connectivity index (χ4v) is 3.52. The summed E-state index contributed by atoms with van der Waals surface area (Å²) in [6, 6.07) is 28.3. The highest BCUT2D eigenvalue weighted by molar-refractivity contribution is 5.92. The molecule has 0 aliphatic carbocycles. The second-order valence-corrected chi connectivity index (χ2v) is 7.32. The zero-order valence-corrected chi connectivity index (χ0v) is 17.0. The molecule has 0 aromatic heterocycles. The van der Waals surface area contributed by atoms with Crippen molar-refractivity contribution in [2.24, 2.45) is 0 Å². The SMILES string of the molecule is O=C(C=Cc1ccccc1)N1CCN(c2ccc(OCc3ccccc3)cc2)CC1. The van der Waals surface area contributed by atoms with Crippen LogP contribution in [0.2, 0.25) is 0 Å². The molecule has 4 heteroatoms. The van der Waals surface area contributed by atoms with Gasteiger partial charge in [-0.1, -0.05) is 60.7 Å². The molecule has 0 N–H and O–H groups in total. The third-order valence-corrected chi connectivity index (χ3v) is 5.26. The largest absolute Gasteiger partial charge is 0.489 e. The average molecular weight is 399 g/mol. The average Bonchev–Trinajstić information content (AvgIpc) is 2.83. The van der Waals surface area contributed by atoms with E-state index in [0.29, 0.717) is 6.61 Å². The molecule has 1 amide bonds. The Morgan fingerprint density at radius 2 is 1.43 bits per heavy atom. The molecule has 1 aliphatic heterocycles. The van der Waals surface area contributed by atoms with Crippen molar-refractivity contribution in [2.45, 2.75) is 6.61 Å². The van der Waals surface area contributed by atoms with Crippen molar-refractivity contribution in [3.8, 4) is 5.75 Å². The smallest absolute Gasteiger partial charge is 0.246 e. The van der Waals surface area contributed by atoms with Gasteiger partial charge in [-0.15, -0.1) is 0 Å². The van der Waals surface area contributed by atoms with Crippen LogP contribution in [0.15, 0.2) is 91.0 Å². The van der Waals surface area contributed by atoms with Gasteiger partial charge in [0.1, 0.15) is 12.4 Å². The molecule has 0 unspecified atom stereocenters. The molecule has 0 spiro atoms. The topological polar surface area (TPSA) is 32.8 Å². The number of nitrogens with zero attached hydrogens (tertiary/aromatic N) is 2. The summed E-state index contributed by atoms with van der Waals surface area (Å²) in [5.74, 6) is 0.936. The van der Waals surface area contributed by atoms with Gasteiger partial charge in [0.2, 0.25) is 5.91 Å². The third-order valence-electron chi connectivity index (χ3n) is 5.26. The Hall–Kier alpha value is -3.53. The summed E-state index contributed by atoms with van der Waals surface area (Å²) in [7, 11) is 0. The predicted molar refractivity (Wildman–Crippen MR) is 121 cm³/mol. The number of amides is 1. The normalized spacial score (nSPS) is 14.1. The molecule has 30 heavy (non-hydrogen) atoms. The highest BCUT2D eigenvalue weighted by atomic mass is 16.5. The molecule has 3 aromatic rings. The molecule has 1 heterocycles. The number of hydrogen-bond donors (Lipinski definition) is 0. The first-order valence-corrected chi connectivity index (χ1v) is 10.3. The van der Waals surface area contributed by atoms with Crippen molar-refractivity contribution in [3.05, 3.63) is 102 Å². The molecule has 1 aliphatic rings. The number of ether oxygens (including phenoxy) is 1. The van der Waals surface area contributed by atoms with E-state index in [9.17, 15) is 4.79 Å². The first-order valence-electron chi connectivity index (χ1n) is 10.3. The maximum Gasteiger partial charge on any atom is 0.246 e. The van der Waals surface area contributed by atoms with Crippen LogP contribution in [-0.2, 0) is 11.4 Å². The number of rotatable bonds is 6. The van der Waals surface area contributed by atoms with E-state index < -0.39 is 0 Å². The lowest BCUT2D eigenvalue weighted by atomic mass is 10.2. The fraction of sp³-hybridized carbons (Fsp3) is 0.192. The highest BCUT2D eigenvalue weighted by Crippen LogP contribution is 2.21. The summed E-state index contributed by atoms with van der Waals surface area (Å²) >= 11 is 0. The predicted octanol–water partition coefficient (Wildman–Crippen LogP) is 4.63. The Balaban J connectivity index is 1.26. The molecule has 0 bridgehead atoms. The van der Waals surface area contributed by atoms with Gasteiger partial charge in [-0.25, -0.2) is 0 Å². The highest BCUT2D eigenvalue weighted by Gasteiger charge is 2.19. The summed E-state index contributed by atoms with van der Waals surface area (Å²) in [5.41, 5.74) is 3.36. The lowest BCUT2D eigenvalue weighted by molar-refractivity contribution is -0.126. The first kappa shape index (κ1) is 19.8. The minimum atomic E-state index is 0.0724. The Morgan fingerprint density at radius 1 is 0.800 bits per heavy atom. The Labute approximate surface area is 178 Å². The van der Waals surface area contributed by atoms with Crippen LogP contribution in [0.1, 0.15) is 11.1 Å². The van der Waals surface area contributed by atoms with Gasteiger partial charge in [0.25, 0.3) is 0 Å². The van der Waals surface area contributed by atoms with Crippen LogP contribution in [0.4, 0.5) is 5.69 Å². The van der Waals surface area contributed by atoms with E-state index in [1.54, 1.807) is 6.08 Å². The summed E-state index contributed by atoms with van der Waals surface area (Å²) in [4.78, 5) is 16.7. The van der Waals surface area contributed by atoms with Gasteiger partial charge < -0.3 is 14.5 Å². The second-order valence-electron chi connectivity index (χ2n) is 7.32. The number of hydrogen-bond acceptors (Lipinski definition) is 3. The molecule has 1 fully saturated rings. The quantitative estimate of drug-likeness (QED) is 0.568. The number of carbonyl (C=O) groups is 1. The molecule has 3 aromatic carbocycles. The molecule has 0 radical (unpaired) electrons. The van der Waals surface area contributed by atoms with Crippen molar-refractivity contribution < 1.29 is 9.53 Å². The Bertz CT molecular complexity index is 961. The van der Waals surface area contributed by atoms with Crippen LogP contribution < -0.4 is 9.64 Å². The van der Waals surface area contributed by atoms with Gasteiger partial charge in [0.15, 0.2) is 0 Å². The number of benzene rings is 3. The van der Waals surface area contributed by atoms with Gasteiger partial charge in [0.05, 0.1) is 0 Å². The van der Waals surface area contributed by atoms with Crippen LogP contribution in [0.25, 0.3) is 6.08 Å². The third kappa shape index (κ3) is 5.29. The lowest BCUT2D eigenvalue weighted by Crippen LogP contribution is -2.48. The minimum absolute atomic E-state index is 0.0724. The first-order chi connectivity index (χ1) is 14.8. The van der Waals surface area contributed by atoms with Crippen LogP contribution >= 0.6 is 0 Å². The molecule has 4 nitrogen and oxygen atoms in total. The van der Waals surface area contributed by atoms with Gasteiger partial charge in [0, 0.05) is 37.9 Å². The monoisotopic (exact) mass is 398 g/mol. The molecular weight excluding hydrogens is 372 g/mol. The van der Waals surface area contributed by atoms with Crippen molar-refractivity contribution in [1.29, 1.82) is 0 Å². The van der Waals surface area contributed by atoms with Crippen LogP contribution in [0.3, 0.4) is 0 Å². The van der Waals surface area contributed by atoms with Gasteiger partial charge in [-0.3, -0.25) is 4.79 Å². The summed E-state index contributed by atoms with van der Waals surface area (Å²) in [6.07, 6.45) is 3.55. The molecular formula is C26H26N2O2. The second kappa shape index (κ2) is 9.79. The van der Waals surface area contributed by atoms with E-state index in [2.05, 4.69) is 29.2 Å². The van der Waals surface area contributed by atoms with Crippen molar-refractivity contribution in [3.63, 3.8) is 0 Å². The minimum Gasteiger partial charge on any atom is -0.489 e. The zero-order chi connectivity index (χ0) is 20.6. The van der Waals surface area contributed by atoms with Crippen LogP contribution in [-0.4, -0.2) is 37.0 Å². The number of piperazine rings is 1. The number of carbonyl (C=O) groups excluding carboxylic acids is 1. The van der Waals surface area contributed by atoms with Crippen LogP contribution in [0.5, 0.6) is 5.75 Å². The summed E-state index contributed by atoms with van der Waals surface area (Å²) in [5, 5.41) is 0. The maximum absolute atomic E-state index is 12.5. The molecule has 0 saturated carbocycles. The van der Waals surface area contributed by atoms with Gasteiger partial charge in [-0.2, -0.15) is 0 Å². The Morgan fingerprint density at radius 3 is 2.10 bits per heavy atom. The Kier molecular flexibility index (Phi) is 6.45. The maximum atomic E-state index is 12.5. The van der Waals surface area contributed by atoms with E-state index in [4.69, 9.17) is 4.74 Å².